The highest BCUT2D eigenvalue weighted by Gasteiger charge is 2.03. The van der Waals surface area contributed by atoms with Gasteiger partial charge in [-0.2, -0.15) is 0 Å². The quantitative estimate of drug-likeness (QED) is 0.865. The summed E-state index contributed by atoms with van der Waals surface area (Å²) in [4.78, 5) is 14.2. The van der Waals surface area contributed by atoms with Crippen LogP contribution in [0.2, 0.25) is 0 Å². The molecule has 2 rings (SSSR count). The molecule has 0 saturated carbocycles. The van der Waals surface area contributed by atoms with Crippen molar-refractivity contribution >= 4 is 20.9 Å². The van der Waals surface area contributed by atoms with Gasteiger partial charge in [-0.3, -0.25) is 4.79 Å². The Labute approximate surface area is 105 Å². The van der Waals surface area contributed by atoms with Crippen molar-refractivity contribution in [2.75, 3.05) is 6.26 Å². The van der Waals surface area contributed by atoms with Crippen molar-refractivity contribution in [3.63, 3.8) is 0 Å². The number of H-pyrrole nitrogens is 1. The normalized spacial score (nSPS) is 11.9. The average Bonchev–Trinajstić information content (AvgIpc) is 2.27. The molecule has 6 heteroatoms. The van der Waals surface area contributed by atoms with Crippen LogP contribution in [0.3, 0.4) is 0 Å². The topological polar surface area (TPSA) is 79.0 Å². The molecule has 2 N–H and O–H groups in total. The van der Waals surface area contributed by atoms with Crippen LogP contribution < -0.4 is 10.3 Å². The molecule has 0 aliphatic heterocycles. The Hall–Kier alpha value is -1.66. The number of aromatic amines is 1. The lowest BCUT2D eigenvalue weighted by molar-refractivity contribution is 0.587. The van der Waals surface area contributed by atoms with Gasteiger partial charge in [0.25, 0.3) is 5.56 Å². The molecule has 18 heavy (non-hydrogen) atoms. The zero-order chi connectivity index (χ0) is 13.3. The van der Waals surface area contributed by atoms with E-state index < -0.39 is 10.0 Å². The van der Waals surface area contributed by atoms with Gasteiger partial charge in [0.2, 0.25) is 10.0 Å². The average molecular weight is 266 g/mol. The molecule has 0 fully saturated rings. The smallest absolute Gasteiger partial charge is 0.251 e. The standard InChI is InChI=1S/C12H14N2O3S/c1-8-5-10-6-9(7-13-18(2,16)17)3-4-11(10)14-12(8)15/h3-6,13H,7H2,1-2H3,(H,14,15). The first kappa shape index (κ1) is 12.8. The molecule has 0 unspecified atom stereocenters. The molecule has 0 saturated heterocycles. The first-order chi connectivity index (χ1) is 8.35. The molecular weight excluding hydrogens is 252 g/mol. The maximum absolute atomic E-state index is 11.4. The third kappa shape index (κ3) is 2.96. The van der Waals surface area contributed by atoms with E-state index in [2.05, 4.69) is 9.71 Å². The monoisotopic (exact) mass is 266 g/mol. The molecular formula is C12H14N2O3S. The van der Waals surface area contributed by atoms with Gasteiger partial charge < -0.3 is 4.98 Å². The molecule has 0 bridgehead atoms. The predicted octanol–water partition coefficient (Wildman–Crippen LogP) is 0.886. The van der Waals surface area contributed by atoms with Gasteiger partial charge in [-0.1, -0.05) is 6.07 Å². The van der Waals surface area contributed by atoms with Gasteiger partial charge in [0, 0.05) is 17.6 Å². The van der Waals surface area contributed by atoms with Crippen molar-refractivity contribution in [2.45, 2.75) is 13.5 Å². The molecule has 0 aliphatic rings. The van der Waals surface area contributed by atoms with Gasteiger partial charge in [0.15, 0.2) is 0 Å². The Bertz CT molecular complexity index is 747. The molecule has 1 heterocycles. The predicted molar refractivity (Wildman–Crippen MR) is 71.0 cm³/mol. The van der Waals surface area contributed by atoms with Crippen LogP contribution in [0.25, 0.3) is 10.9 Å². The lowest BCUT2D eigenvalue weighted by atomic mass is 10.1. The number of hydrogen-bond donors (Lipinski definition) is 2. The van der Waals surface area contributed by atoms with Crippen molar-refractivity contribution in [1.29, 1.82) is 0 Å². The van der Waals surface area contributed by atoms with Crippen LogP contribution >= 0.6 is 0 Å². The second-order valence-corrected chi connectivity index (χ2v) is 6.13. The number of pyridine rings is 1. The number of aromatic nitrogens is 1. The van der Waals surface area contributed by atoms with Gasteiger partial charge >= 0.3 is 0 Å². The highest BCUT2D eigenvalue weighted by atomic mass is 32.2. The summed E-state index contributed by atoms with van der Waals surface area (Å²) in [5, 5.41) is 0.889. The van der Waals surface area contributed by atoms with Crippen molar-refractivity contribution in [1.82, 2.24) is 9.71 Å². The van der Waals surface area contributed by atoms with Crippen LogP contribution in [0.15, 0.2) is 29.1 Å². The molecule has 2 aromatic rings. The fourth-order valence-corrected chi connectivity index (χ4v) is 2.12. The summed E-state index contributed by atoms with van der Waals surface area (Å²) >= 11 is 0. The molecule has 0 amide bonds. The van der Waals surface area contributed by atoms with E-state index in [1.165, 1.54) is 0 Å². The number of fused-ring (bicyclic) bond motifs is 1. The van der Waals surface area contributed by atoms with E-state index in [9.17, 15) is 13.2 Å². The Morgan fingerprint density at radius 2 is 2.00 bits per heavy atom. The van der Waals surface area contributed by atoms with Crippen molar-refractivity contribution in [2.24, 2.45) is 0 Å². The second kappa shape index (κ2) is 4.55. The van der Waals surface area contributed by atoms with E-state index >= 15 is 0 Å². The number of aryl methyl sites for hydroxylation is 1. The van der Waals surface area contributed by atoms with Crippen LogP contribution in [-0.2, 0) is 16.6 Å². The molecule has 0 atom stereocenters. The first-order valence-corrected chi connectivity index (χ1v) is 7.31. The summed E-state index contributed by atoms with van der Waals surface area (Å²) in [5.74, 6) is 0. The summed E-state index contributed by atoms with van der Waals surface area (Å²) in [6.45, 7) is 1.98. The van der Waals surface area contributed by atoms with Crippen molar-refractivity contribution in [3.05, 3.63) is 45.7 Å². The number of rotatable bonds is 3. The second-order valence-electron chi connectivity index (χ2n) is 4.30. The van der Waals surface area contributed by atoms with Crippen LogP contribution in [0.1, 0.15) is 11.1 Å². The van der Waals surface area contributed by atoms with E-state index in [1.807, 2.05) is 6.07 Å². The molecule has 96 valence electrons. The maximum atomic E-state index is 11.4. The summed E-state index contributed by atoms with van der Waals surface area (Å²) in [6.07, 6.45) is 1.12. The molecule has 0 aliphatic carbocycles. The maximum Gasteiger partial charge on any atom is 0.251 e. The fraction of sp³-hybridized carbons (Fsp3) is 0.250. The minimum absolute atomic E-state index is 0.107. The first-order valence-electron chi connectivity index (χ1n) is 5.42. The summed E-state index contributed by atoms with van der Waals surface area (Å²) in [5.41, 5.74) is 2.12. The Morgan fingerprint density at radius 1 is 1.28 bits per heavy atom. The van der Waals surface area contributed by atoms with Crippen LogP contribution in [-0.4, -0.2) is 19.7 Å². The zero-order valence-corrected chi connectivity index (χ0v) is 11.0. The number of hydrogen-bond acceptors (Lipinski definition) is 3. The summed E-state index contributed by atoms with van der Waals surface area (Å²) in [7, 11) is -3.20. The highest BCUT2D eigenvalue weighted by molar-refractivity contribution is 7.88. The zero-order valence-electron chi connectivity index (χ0n) is 10.1. The van der Waals surface area contributed by atoms with E-state index in [0.29, 0.717) is 5.56 Å². The third-order valence-corrected chi connectivity index (χ3v) is 3.30. The summed E-state index contributed by atoms with van der Waals surface area (Å²) < 4.78 is 24.4. The Balaban J connectivity index is 2.38. The van der Waals surface area contributed by atoms with Gasteiger partial charge in [-0.25, -0.2) is 13.1 Å². The van der Waals surface area contributed by atoms with Gasteiger partial charge in [-0.15, -0.1) is 0 Å². The van der Waals surface area contributed by atoms with Crippen LogP contribution in [0.5, 0.6) is 0 Å². The molecule has 5 nitrogen and oxygen atoms in total. The van der Waals surface area contributed by atoms with E-state index in [-0.39, 0.29) is 12.1 Å². The van der Waals surface area contributed by atoms with E-state index in [0.717, 1.165) is 22.7 Å². The SMILES string of the molecule is Cc1cc2cc(CNS(C)(=O)=O)ccc2[nH]c1=O. The van der Waals surface area contributed by atoms with E-state index in [1.54, 1.807) is 25.1 Å². The number of benzene rings is 1. The minimum Gasteiger partial charge on any atom is -0.322 e. The third-order valence-electron chi connectivity index (χ3n) is 2.63. The minimum atomic E-state index is -3.20. The molecule has 1 aromatic carbocycles. The van der Waals surface area contributed by atoms with Gasteiger partial charge in [-0.05, 0) is 36.1 Å². The number of sulfonamides is 1. The Kier molecular flexibility index (Phi) is 3.23. The van der Waals surface area contributed by atoms with Gasteiger partial charge in [0.1, 0.15) is 0 Å². The Morgan fingerprint density at radius 3 is 2.67 bits per heavy atom. The summed E-state index contributed by atoms with van der Waals surface area (Å²) in [6, 6.07) is 7.20. The lowest BCUT2D eigenvalue weighted by Crippen LogP contribution is -2.21. The van der Waals surface area contributed by atoms with E-state index in [4.69, 9.17) is 0 Å². The lowest BCUT2D eigenvalue weighted by Gasteiger charge is -2.05. The van der Waals surface area contributed by atoms with Crippen LogP contribution in [0, 0.1) is 6.92 Å². The fourth-order valence-electron chi connectivity index (χ4n) is 1.69. The number of nitrogens with one attached hydrogen (secondary N) is 2. The van der Waals surface area contributed by atoms with Crippen molar-refractivity contribution < 1.29 is 8.42 Å². The van der Waals surface area contributed by atoms with Gasteiger partial charge in [0.05, 0.1) is 6.26 Å². The molecule has 1 aromatic heterocycles. The molecule has 0 radical (unpaired) electrons. The van der Waals surface area contributed by atoms with Crippen LogP contribution in [0.4, 0.5) is 0 Å². The van der Waals surface area contributed by atoms with Crippen molar-refractivity contribution in [3.8, 4) is 0 Å². The largest absolute Gasteiger partial charge is 0.322 e. The molecule has 0 spiro atoms. The highest BCUT2D eigenvalue weighted by Crippen LogP contribution is 2.13.